The van der Waals surface area contributed by atoms with Gasteiger partial charge in [0, 0.05) is 18.1 Å². The van der Waals surface area contributed by atoms with Gasteiger partial charge in [-0.05, 0) is 36.4 Å². The van der Waals surface area contributed by atoms with E-state index in [0.717, 1.165) is 5.65 Å². The molecule has 0 saturated carbocycles. The first-order valence-corrected chi connectivity index (χ1v) is 7.71. The monoisotopic (exact) mass is 287 g/mol. The van der Waals surface area contributed by atoms with E-state index < -0.39 is 9.84 Å². The highest BCUT2D eigenvalue weighted by atomic mass is 32.2. The van der Waals surface area contributed by atoms with E-state index in [0.29, 0.717) is 11.4 Å². The summed E-state index contributed by atoms with van der Waals surface area (Å²) in [7, 11) is -3.41. The van der Waals surface area contributed by atoms with Crippen molar-refractivity contribution in [2.24, 2.45) is 0 Å². The van der Waals surface area contributed by atoms with Gasteiger partial charge in [-0.3, -0.25) is 0 Å². The highest BCUT2D eigenvalue weighted by Crippen LogP contribution is 2.17. The van der Waals surface area contributed by atoms with Gasteiger partial charge in [0.15, 0.2) is 9.84 Å². The average Bonchev–Trinajstić information content (AvgIpc) is 2.80. The SMILES string of the molecule is Nc1ccc(S(=O)(=O)Cc2cn3ccccc3n2)cc1. The van der Waals surface area contributed by atoms with Crippen molar-refractivity contribution < 1.29 is 8.42 Å². The lowest BCUT2D eigenvalue weighted by atomic mass is 10.3. The van der Waals surface area contributed by atoms with Gasteiger partial charge in [-0.2, -0.15) is 0 Å². The number of hydrogen-bond donors (Lipinski definition) is 1. The molecule has 0 spiro atoms. The van der Waals surface area contributed by atoms with E-state index in [-0.39, 0.29) is 10.6 Å². The first-order chi connectivity index (χ1) is 9.54. The first kappa shape index (κ1) is 12.7. The topological polar surface area (TPSA) is 77.5 Å². The summed E-state index contributed by atoms with van der Waals surface area (Å²) in [4.78, 5) is 4.55. The Bertz CT molecular complexity index is 819. The normalized spacial score (nSPS) is 11.8. The zero-order valence-corrected chi connectivity index (χ0v) is 11.4. The molecule has 5 nitrogen and oxygen atoms in total. The fourth-order valence-electron chi connectivity index (χ4n) is 2.01. The second-order valence-corrected chi connectivity index (χ2v) is 6.52. The smallest absolute Gasteiger partial charge is 0.184 e. The van der Waals surface area contributed by atoms with Crippen LogP contribution < -0.4 is 5.73 Å². The molecule has 3 rings (SSSR count). The van der Waals surface area contributed by atoms with Crippen LogP contribution >= 0.6 is 0 Å². The molecule has 0 aliphatic heterocycles. The number of benzene rings is 1. The quantitative estimate of drug-likeness (QED) is 0.746. The lowest BCUT2D eigenvalue weighted by Gasteiger charge is -2.02. The van der Waals surface area contributed by atoms with Gasteiger partial charge in [0.1, 0.15) is 5.65 Å². The van der Waals surface area contributed by atoms with Gasteiger partial charge in [-0.1, -0.05) is 6.07 Å². The van der Waals surface area contributed by atoms with Gasteiger partial charge >= 0.3 is 0 Å². The van der Waals surface area contributed by atoms with E-state index in [2.05, 4.69) is 4.98 Å². The standard InChI is InChI=1S/C14H13N3O2S/c15-11-4-6-13(7-5-11)20(18,19)10-12-9-17-8-2-1-3-14(17)16-12/h1-9H,10,15H2. The van der Waals surface area contributed by atoms with Crippen molar-refractivity contribution in [3.63, 3.8) is 0 Å². The summed E-state index contributed by atoms with van der Waals surface area (Å²) >= 11 is 0. The number of pyridine rings is 1. The molecule has 102 valence electrons. The molecule has 0 fully saturated rings. The van der Waals surface area contributed by atoms with Crippen LogP contribution in [-0.2, 0) is 15.6 Å². The second-order valence-electron chi connectivity index (χ2n) is 4.53. The van der Waals surface area contributed by atoms with E-state index in [1.165, 1.54) is 12.1 Å². The number of aromatic nitrogens is 2. The molecule has 0 aliphatic carbocycles. The van der Waals surface area contributed by atoms with Crippen molar-refractivity contribution in [1.82, 2.24) is 9.38 Å². The number of nitrogens with zero attached hydrogens (tertiary/aromatic N) is 2. The lowest BCUT2D eigenvalue weighted by molar-refractivity contribution is 0.595. The molecule has 3 aromatic rings. The zero-order chi connectivity index (χ0) is 14.2. The number of nitrogen functional groups attached to an aromatic ring is 1. The number of imidazole rings is 1. The maximum atomic E-state index is 12.3. The molecule has 2 N–H and O–H groups in total. The number of sulfone groups is 1. The number of rotatable bonds is 3. The lowest BCUT2D eigenvalue weighted by Crippen LogP contribution is -2.05. The Morgan fingerprint density at radius 3 is 2.55 bits per heavy atom. The van der Waals surface area contributed by atoms with Crippen molar-refractivity contribution in [2.45, 2.75) is 10.6 Å². The minimum absolute atomic E-state index is 0.126. The molecule has 0 saturated heterocycles. The van der Waals surface area contributed by atoms with Gasteiger partial charge in [-0.15, -0.1) is 0 Å². The molecular weight excluding hydrogens is 274 g/mol. The van der Waals surface area contributed by atoms with Crippen LogP contribution in [0.15, 0.2) is 59.8 Å². The Kier molecular flexibility index (Phi) is 2.94. The van der Waals surface area contributed by atoms with Crippen molar-refractivity contribution in [1.29, 1.82) is 0 Å². The predicted octanol–water partition coefficient (Wildman–Crippen LogP) is 1.89. The molecule has 0 unspecified atom stereocenters. The molecule has 0 atom stereocenters. The van der Waals surface area contributed by atoms with Crippen LogP contribution in [0, 0.1) is 0 Å². The highest BCUT2D eigenvalue weighted by Gasteiger charge is 2.17. The number of anilines is 1. The number of hydrogen-bond acceptors (Lipinski definition) is 4. The maximum Gasteiger partial charge on any atom is 0.184 e. The minimum atomic E-state index is -3.41. The summed E-state index contributed by atoms with van der Waals surface area (Å²) in [6.45, 7) is 0. The third-order valence-corrected chi connectivity index (χ3v) is 4.66. The Hall–Kier alpha value is -2.34. The minimum Gasteiger partial charge on any atom is -0.399 e. The summed E-state index contributed by atoms with van der Waals surface area (Å²) in [5, 5.41) is 0. The summed E-state index contributed by atoms with van der Waals surface area (Å²) in [6.07, 6.45) is 3.56. The van der Waals surface area contributed by atoms with Crippen LogP contribution in [0.4, 0.5) is 5.69 Å². The summed E-state index contributed by atoms with van der Waals surface area (Å²) < 4.78 is 26.4. The Morgan fingerprint density at radius 2 is 1.85 bits per heavy atom. The van der Waals surface area contributed by atoms with Crippen molar-refractivity contribution in [3.8, 4) is 0 Å². The third kappa shape index (κ3) is 2.37. The molecule has 0 radical (unpaired) electrons. The zero-order valence-electron chi connectivity index (χ0n) is 10.6. The van der Waals surface area contributed by atoms with Crippen LogP contribution in [0.2, 0.25) is 0 Å². The maximum absolute atomic E-state index is 12.3. The van der Waals surface area contributed by atoms with E-state index >= 15 is 0 Å². The molecule has 0 aliphatic rings. The molecule has 6 heteroatoms. The molecular formula is C14H13N3O2S. The predicted molar refractivity (Wildman–Crippen MR) is 76.9 cm³/mol. The van der Waals surface area contributed by atoms with Crippen molar-refractivity contribution in [2.75, 3.05) is 5.73 Å². The average molecular weight is 287 g/mol. The largest absolute Gasteiger partial charge is 0.399 e. The van der Waals surface area contributed by atoms with Gasteiger partial charge < -0.3 is 10.1 Å². The third-order valence-electron chi connectivity index (χ3n) is 2.99. The molecule has 0 amide bonds. The molecule has 20 heavy (non-hydrogen) atoms. The number of nitrogens with two attached hydrogens (primary N) is 1. The fraction of sp³-hybridized carbons (Fsp3) is 0.0714. The van der Waals surface area contributed by atoms with Gasteiger partial charge in [0.05, 0.1) is 16.3 Å². The summed E-state index contributed by atoms with van der Waals surface area (Å²) in [5.41, 5.74) is 7.35. The fourth-order valence-corrected chi connectivity index (χ4v) is 3.26. The van der Waals surface area contributed by atoms with Crippen LogP contribution in [0.25, 0.3) is 5.65 Å². The van der Waals surface area contributed by atoms with Crippen LogP contribution in [-0.4, -0.2) is 17.8 Å². The van der Waals surface area contributed by atoms with Crippen LogP contribution in [0.5, 0.6) is 0 Å². The second kappa shape index (κ2) is 4.64. The number of fused-ring (bicyclic) bond motifs is 1. The van der Waals surface area contributed by atoms with Gasteiger partial charge in [0.2, 0.25) is 0 Å². The Balaban J connectivity index is 1.94. The molecule has 2 heterocycles. The van der Waals surface area contributed by atoms with E-state index in [4.69, 9.17) is 5.73 Å². The highest BCUT2D eigenvalue weighted by molar-refractivity contribution is 7.90. The van der Waals surface area contributed by atoms with Crippen molar-refractivity contribution >= 4 is 21.2 Å². The van der Waals surface area contributed by atoms with E-state index in [1.54, 1.807) is 22.7 Å². The first-order valence-electron chi connectivity index (χ1n) is 6.05. The summed E-state index contributed by atoms with van der Waals surface area (Å²) in [5.74, 6) is -0.126. The van der Waals surface area contributed by atoms with Crippen LogP contribution in [0.1, 0.15) is 5.69 Å². The summed E-state index contributed by atoms with van der Waals surface area (Å²) in [6, 6.07) is 11.8. The Labute approximate surface area is 116 Å². The molecule has 0 bridgehead atoms. The van der Waals surface area contributed by atoms with E-state index in [1.807, 2.05) is 24.4 Å². The van der Waals surface area contributed by atoms with Gasteiger partial charge in [0.25, 0.3) is 0 Å². The molecule has 1 aromatic carbocycles. The molecule has 2 aromatic heterocycles. The van der Waals surface area contributed by atoms with Gasteiger partial charge in [-0.25, -0.2) is 13.4 Å². The van der Waals surface area contributed by atoms with E-state index in [9.17, 15) is 8.42 Å². The van der Waals surface area contributed by atoms with Crippen molar-refractivity contribution in [3.05, 3.63) is 60.6 Å². The van der Waals surface area contributed by atoms with Crippen LogP contribution in [0.3, 0.4) is 0 Å². The Morgan fingerprint density at radius 1 is 1.10 bits per heavy atom.